The second kappa shape index (κ2) is 7.61. The first-order valence-corrected chi connectivity index (χ1v) is 6.28. The summed E-state index contributed by atoms with van der Waals surface area (Å²) in [7, 11) is 0. The van der Waals surface area contributed by atoms with E-state index in [-0.39, 0.29) is 10.6 Å². The van der Waals surface area contributed by atoms with Crippen LogP contribution in [0.1, 0.15) is 19.4 Å². The van der Waals surface area contributed by atoms with Gasteiger partial charge in [0.15, 0.2) is 0 Å². The molecule has 4 nitrogen and oxygen atoms in total. The third kappa shape index (κ3) is 4.67. The lowest BCUT2D eigenvalue weighted by Gasteiger charge is -2.14. The fourth-order valence-corrected chi connectivity index (χ4v) is 1.68. The molecule has 18 heavy (non-hydrogen) atoms. The van der Waals surface area contributed by atoms with Gasteiger partial charge in [0.05, 0.1) is 4.92 Å². The van der Waals surface area contributed by atoms with Crippen molar-refractivity contribution in [3.63, 3.8) is 0 Å². The lowest BCUT2D eigenvalue weighted by Crippen LogP contribution is -2.22. The number of hydrogen-bond acceptors (Lipinski definition) is 3. The molecule has 0 N–H and O–H groups in total. The highest BCUT2D eigenvalue weighted by Gasteiger charge is 2.02. The molecule has 0 aromatic heterocycles. The summed E-state index contributed by atoms with van der Waals surface area (Å²) >= 11 is 0. The molecule has 0 amide bonds. The van der Waals surface area contributed by atoms with Gasteiger partial charge >= 0.3 is 0 Å². The van der Waals surface area contributed by atoms with E-state index < -0.39 is 0 Å². The highest BCUT2D eigenvalue weighted by Crippen LogP contribution is 2.12. The SMILES string of the molecule is CCN(CC)CC=CCc1ccc([N+](=O)[O-])cc1. The Morgan fingerprint density at radius 2 is 1.78 bits per heavy atom. The molecule has 0 aliphatic carbocycles. The fourth-order valence-electron chi connectivity index (χ4n) is 1.68. The molecule has 0 aliphatic rings. The molecular formula is C14H20N2O2. The summed E-state index contributed by atoms with van der Waals surface area (Å²) in [4.78, 5) is 12.5. The molecule has 0 spiro atoms. The Morgan fingerprint density at radius 3 is 2.28 bits per heavy atom. The molecule has 0 radical (unpaired) electrons. The Balaban J connectivity index is 2.43. The van der Waals surface area contributed by atoms with Crippen molar-refractivity contribution in [2.45, 2.75) is 20.3 Å². The maximum atomic E-state index is 10.5. The van der Waals surface area contributed by atoms with E-state index in [0.717, 1.165) is 31.6 Å². The number of likely N-dealkylation sites (N-methyl/N-ethyl adjacent to an activating group) is 1. The fraction of sp³-hybridized carbons (Fsp3) is 0.429. The molecule has 0 bridgehead atoms. The molecule has 4 heteroatoms. The minimum absolute atomic E-state index is 0.144. The summed E-state index contributed by atoms with van der Waals surface area (Å²) in [5, 5.41) is 10.5. The van der Waals surface area contributed by atoms with Crippen LogP contribution in [0.5, 0.6) is 0 Å². The number of allylic oxidation sites excluding steroid dienone is 1. The summed E-state index contributed by atoms with van der Waals surface area (Å²) in [5.41, 5.74) is 1.24. The van der Waals surface area contributed by atoms with Gasteiger partial charge in [0.1, 0.15) is 0 Å². The molecule has 1 aromatic rings. The second-order valence-corrected chi connectivity index (χ2v) is 4.08. The summed E-state index contributed by atoms with van der Waals surface area (Å²) < 4.78 is 0. The van der Waals surface area contributed by atoms with Gasteiger partial charge in [-0.15, -0.1) is 0 Å². The molecule has 0 heterocycles. The van der Waals surface area contributed by atoms with E-state index in [1.54, 1.807) is 24.3 Å². The van der Waals surface area contributed by atoms with E-state index in [1.807, 2.05) is 0 Å². The second-order valence-electron chi connectivity index (χ2n) is 4.08. The Morgan fingerprint density at radius 1 is 1.17 bits per heavy atom. The van der Waals surface area contributed by atoms with E-state index in [2.05, 4.69) is 30.9 Å². The first kappa shape index (κ1) is 14.4. The first-order valence-electron chi connectivity index (χ1n) is 6.28. The van der Waals surface area contributed by atoms with Gasteiger partial charge in [-0.05, 0) is 25.1 Å². The van der Waals surface area contributed by atoms with E-state index >= 15 is 0 Å². The summed E-state index contributed by atoms with van der Waals surface area (Å²) in [5.74, 6) is 0. The molecule has 0 unspecified atom stereocenters. The van der Waals surface area contributed by atoms with Gasteiger partial charge in [-0.2, -0.15) is 0 Å². The zero-order chi connectivity index (χ0) is 13.4. The van der Waals surface area contributed by atoms with E-state index in [4.69, 9.17) is 0 Å². The van der Waals surface area contributed by atoms with Crippen molar-refractivity contribution in [2.75, 3.05) is 19.6 Å². The number of nitro benzene ring substituents is 1. The lowest BCUT2D eigenvalue weighted by molar-refractivity contribution is -0.384. The number of nitrogens with zero attached hydrogens (tertiary/aromatic N) is 2. The van der Waals surface area contributed by atoms with Crippen LogP contribution in [0.25, 0.3) is 0 Å². The third-order valence-corrected chi connectivity index (χ3v) is 2.93. The van der Waals surface area contributed by atoms with Gasteiger partial charge < -0.3 is 4.90 Å². The smallest absolute Gasteiger partial charge is 0.269 e. The molecule has 1 aromatic carbocycles. The van der Waals surface area contributed by atoms with Crippen LogP contribution in [-0.4, -0.2) is 29.5 Å². The van der Waals surface area contributed by atoms with Crippen LogP contribution in [0.2, 0.25) is 0 Å². The van der Waals surface area contributed by atoms with Crippen LogP contribution in [0.4, 0.5) is 5.69 Å². The van der Waals surface area contributed by atoms with Gasteiger partial charge in [-0.3, -0.25) is 10.1 Å². The minimum Gasteiger partial charge on any atom is -0.300 e. The predicted molar refractivity (Wildman–Crippen MR) is 73.7 cm³/mol. The number of hydrogen-bond donors (Lipinski definition) is 0. The van der Waals surface area contributed by atoms with E-state index in [1.165, 1.54) is 0 Å². The van der Waals surface area contributed by atoms with Crippen molar-refractivity contribution in [3.8, 4) is 0 Å². The van der Waals surface area contributed by atoms with Crippen LogP contribution in [0.15, 0.2) is 36.4 Å². The molecule has 0 atom stereocenters. The van der Waals surface area contributed by atoms with Crippen molar-refractivity contribution < 1.29 is 4.92 Å². The maximum absolute atomic E-state index is 10.5. The predicted octanol–water partition coefficient (Wildman–Crippen LogP) is 3.04. The van der Waals surface area contributed by atoms with Crippen LogP contribution in [-0.2, 0) is 6.42 Å². The highest BCUT2D eigenvalue weighted by atomic mass is 16.6. The molecule has 1 rings (SSSR count). The summed E-state index contributed by atoms with van der Waals surface area (Å²) in [6.45, 7) is 7.36. The number of benzene rings is 1. The Labute approximate surface area is 108 Å². The van der Waals surface area contributed by atoms with Crippen LogP contribution in [0, 0.1) is 10.1 Å². The maximum Gasteiger partial charge on any atom is 0.269 e. The number of nitro groups is 1. The highest BCUT2D eigenvalue weighted by molar-refractivity contribution is 5.33. The van der Waals surface area contributed by atoms with Crippen molar-refractivity contribution >= 4 is 5.69 Å². The van der Waals surface area contributed by atoms with Crippen molar-refractivity contribution in [2.24, 2.45) is 0 Å². The molecule has 98 valence electrons. The van der Waals surface area contributed by atoms with Crippen LogP contribution in [0.3, 0.4) is 0 Å². The largest absolute Gasteiger partial charge is 0.300 e. The van der Waals surface area contributed by atoms with Gasteiger partial charge in [-0.1, -0.05) is 38.1 Å². The quantitative estimate of drug-likeness (QED) is 0.423. The standard InChI is InChI=1S/C14H20N2O2/c1-3-15(4-2)12-6-5-7-13-8-10-14(11-9-13)16(17)18/h5-6,8-11H,3-4,7,12H2,1-2H3. The third-order valence-electron chi connectivity index (χ3n) is 2.93. The molecule has 0 saturated carbocycles. The number of non-ortho nitro benzene ring substituents is 1. The van der Waals surface area contributed by atoms with Crippen LogP contribution >= 0.6 is 0 Å². The first-order chi connectivity index (χ1) is 8.67. The Hall–Kier alpha value is -1.68. The zero-order valence-corrected chi connectivity index (χ0v) is 11.0. The van der Waals surface area contributed by atoms with Gasteiger partial charge in [0.2, 0.25) is 0 Å². The normalized spacial score (nSPS) is 11.3. The van der Waals surface area contributed by atoms with Gasteiger partial charge in [0.25, 0.3) is 5.69 Å². The van der Waals surface area contributed by atoms with Gasteiger partial charge in [-0.25, -0.2) is 0 Å². The molecule has 0 fully saturated rings. The monoisotopic (exact) mass is 248 g/mol. The minimum atomic E-state index is -0.375. The lowest BCUT2D eigenvalue weighted by atomic mass is 10.1. The Bertz CT molecular complexity index is 395. The van der Waals surface area contributed by atoms with E-state index in [0.29, 0.717) is 0 Å². The van der Waals surface area contributed by atoms with Crippen molar-refractivity contribution in [1.82, 2.24) is 4.90 Å². The molecule has 0 saturated heterocycles. The average Bonchev–Trinajstić information content (AvgIpc) is 2.39. The van der Waals surface area contributed by atoms with Gasteiger partial charge in [0, 0.05) is 18.7 Å². The zero-order valence-electron chi connectivity index (χ0n) is 11.0. The topological polar surface area (TPSA) is 46.4 Å². The Kier molecular flexibility index (Phi) is 6.08. The van der Waals surface area contributed by atoms with Crippen molar-refractivity contribution in [1.29, 1.82) is 0 Å². The molecule has 0 aliphatic heterocycles. The summed E-state index contributed by atoms with van der Waals surface area (Å²) in [6, 6.07) is 6.71. The number of rotatable bonds is 7. The summed E-state index contributed by atoms with van der Waals surface area (Å²) in [6.07, 6.45) is 5.08. The van der Waals surface area contributed by atoms with E-state index in [9.17, 15) is 10.1 Å². The average molecular weight is 248 g/mol. The molecular weight excluding hydrogens is 228 g/mol. The van der Waals surface area contributed by atoms with Crippen molar-refractivity contribution in [3.05, 3.63) is 52.1 Å². The van der Waals surface area contributed by atoms with Crippen LogP contribution < -0.4 is 0 Å².